The molecule has 2 aromatic rings. The van der Waals surface area contributed by atoms with Crippen LogP contribution in [0.5, 0.6) is 11.5 Å². The first kappa shape index (κ1) is 22.9. The fourth-order valence-corrected chi connectivity index (χ4v) is 3.04. The zero-order valence-corrected chi connectivity index (χ0v) is 17.7. The van der Waals surface area contributed by atoms with Crippen molar-refractivity contribution in [2.45, 2.75) is 44.8 Å². The molecule has 2 N–H and O–H groups in total. The van der Waals surface area contributed by atoms with Crippen LogP contribution < -0.4 is 20.1 Å². The first-order chi connectivity index (χ1) is 15.2. The summed E-state index contributed by atoms with van der Waals surface area (Å²) in [7, 11) is 1.30. The average molecular weight is 444 g/mol. The molecule has 1 aliphatic rings. The molecule has 0 atom stereocenters. The van der Waals surface area contributed by atoms with Crippen LogP contribution in [-0.4, -0.2) is 25.7 Å². The number of nitrogens with zero attached hydrogens (tertiary/aromatic N) is 2. The lowest BCUT2D eigenvalue weighted by atomic mass is 9.86. The van der Waals surface area contributed by atoms with Gasteiger partial charge in [0.1, 0.15) is 22.7 Å². The lowest BCUT2D eigenvalue weighted by Gasteiger charge is -2.19. The molecule has 168 valence electrons. The molecule has 8 nitrogen and oxygen atoms in total. The van der Waals surface area contributed by atoms with E-state index in [1.165, 1.54) is 25.3 Å². The highest BCUT2D eigenvalue weighted by Gasteiger charge is 2.29. The molecule has 0 radical (unpaired) electrons. The van der Waals surface area contributed by atoms with E-state index < -0.39 is 17.9 Å². The molecule has 1 amide bonds. The molecule has 0 aromatic heterocycles. The first-order valence-corrected chi connectivity index (χ1v) is 9.82. The zero-order valence-electron chi connectivity index (χ0n) is 17.7. The van der Waals surface area contributed by atoms with Gasteiger partial charge in [-0.05, 0) is 49.6 Å². The third kappa shape index (κ3) is 5.11. The van der Waals surface area contributed by atoms with E-state index in [9.17, 15) is 23.7 Å². The highest BCUT2D eigenvalue weighted by Crippen LogP contribution is 2.38. The Bertz CT molecular complexity index is 1080. The van der Waals surface area contributed by atoms with Crippen molar-refractivity contribution in [3.63, 3.8) is 0 Å². The summed E-state index contributed by atoms with van der Waals surface area (Å²) in [4.78, 5) is 24.0. The lowest BCUT2D eigenvalue weighted by Crippen LogP contribution is -2.26. The van der Waals surface area contributed by atoms with Gasteiger partial charge < -0.3 is 20.1 Å². The molecule has 2 aromatic carbocycles. The molecule has 1 saturated carbocycles. The molecule has 1 fully saturated rings. The topological polar surface area (TPSA) is 113 Å². The second-order valence-corrected chi connectivity index (χ2v) is 7.86. The Hall–Kier alpha value is -3.74. The van der Waals surface area contributed by atoms with Crippen molar-refractivity contribution in [3.8, 4) is 17.6 Å². The van der Waals surface area contributed by atoms with Crippen LogP contribution in [0, 0.1) is 16.2 Å². The monoisotopic (exact) mass is 444 g/mol. The molecule has 0 unspecified atom stereocenters. The smallest absolute Gasteiger partial charge is 0.387 e. The maximum Gasteiger partial charge on any atom is 0.387 e. The standard InChI is InChI=1S/C22H22F2N4O4/c1-22(2,11-25)12-4-7-15(16(8-12)28-30)26-14-9-17(31-3)19(18(10-14)32-21(23)24)20(29)27-13-5-6-13/h4,7-10,13,21,26H,5-6H2,1-3H3,(H,27,29). The third-order valence-corrected chi connectivity index (χ3v) is 5.02. The summed E-state index contributed by atoms with van der Waals surface area (Å²) in [6.07, 6.45) is 1.64. The van der Waals surface area contributed by atoms with Gasteiger partial charge >= 0.3 is 6.61 Å². The summed E-state index contributed by atoms with van der Waals surface area (Å²) in [6.45, 7) is 0.241. The van der Waals surface area contributed by atoms with Crippen molar-refractivity contribution in [2.24, 2.45) is 5.18 Å². The fraction of sp³-hybridized carbons (Fsp3) is 0.364. The van der Waals surface area contributed by atoms with Crippen LogP contribution >= 0.6 is 0 Å². The van der Waals surface area contributed by atoms with Crippen molar-refractivity contribution >= 4 is 23.0 Å². The number of carbonyl (C=O) groups is 1. The maximum atomic E-state index is 13.0. The van der Waals surface area contributed by atoms with Crippen molar-refractivity contribution < 1.29 is 23.0 Å². The van der Waals surface area contributed by atoms with Crippen molar-refractivity contribution in [1.82, 2.24) is 5.32 Å². The third-order valence-electron chi connectivity index (χ3n) is 5.02. The Morgan fingerprint density at radius 2 is 1.94 bits per heavy atom. The Balaban J connectivity index is 2.00. The van der Waals surface area contributed by atoms with E-state index in [0.29, 0.717) is 5.56 Å². The van der Waals surface area contributed by atoms with Gasteiger partial charge in [-0.1, -0.05) is 6.07 Å². The number of hydrogen-bond donors (Lipinski definition) is 2. The summed E-state index contributed by atoms with van der Waals surface area (Å²) >= 11 is 0. The van der Waals surface area contributed by atoms with Crippen LogP contribution in [0.2, 0.25) is 0 Å². The SMILES string of the molecule is COc1cc(Nc2ccc(C(C)(C)C#N)cc2N=O)cc(OC(F)F)c1C(=O)NC1CC1. The normalized spacial score (nSPS) is 13.3. The zero-order chi connectivity index (χ0) is 23.5. The van der Waals surface area contributed by atoms with Gasteiger partial charge in [0.25, 0.3) is 5.91 Å². The summed E-state index contributed by atoms with van der Waals surface area (Å²) in [5, 5.41) is 18.0. The molecule has 0 bridgehead atoms. The number of amides is 1. The van der Waals surface area contributed by atoms with Crippen LogP contribution in [-0.2, 0) is 5.41 Å². The van der Waals surface area contributed by atoms with Gasteiger partial charge in [0.2, 0.25) is 0 Å². The van der Waals surface area contributed by atoms with E-state index in [4.69, 9.17) is 4.74 Å². The Morgan fingerprint density at radius 1 is 1.25 bits per heavy atom. The highest BCUT2D eigenvalue weighted by molar-refractivity contribution is 6.01. The van der Waals surface area contributed by atoms with Gasteiger partial charge in [-0.25, -0.2) is 0 Å². The minimum absolute atomic E-state index is 0.00167. The minimum Gasteiger partial charge on any atom is -0.496 e. The van der Waals surface area contributed by atoms with Crippen molar-refractivity contribution in [1.29, 1.82) is 5.26 Å². The molecule has 1 aliphatic carbocycles. The predicted octanol–water partition coefficient (Wildman–Crippen LogP) is 5.13. The summed E-state index contributed by atoms with van der Waals surface area (Å²) in [6, 6.07) is 9.49. The van der Waals surface area contributed by atoms with Gasteiger partial charge in [-0.2, -0.15) is 14.0 Å². The van der Waals surface area contributed by atoms with Gasteiger partial charge in [0.15, 0.2) is 0 Å². The molecule has 10 heteroatoms. The van der Waals surface area contributed by atoms with E-state index in [1.807, 2.05) is 0 Å². The summed E-state index contributed by atoms with van der Waals surface area (Å²) in [5.74, 6) is -0.931. The Morgan fingerprint density at radius 3 is 2.50 bits per heavy atom. The van der Waals surface area contributed by atoms with E-state index in [-0.39, 0.29) is 40.2 Å². The van der Waals surface area contributed by atoms with Gasteiger partial charge in [0.05, 0.1) is 24.3 Å². The number of nitriles is 1. The number of rotatable bonds is 9. The number of nitrogens with one attached hydrogen (secondary N) is 2. The van der Waals surface area contributed by atoms with Crippen molar-refractivity contribution in [2.75, 3.05) is 12.4 Å². The fourth-order valence-electron chi connectivity index (χ4n) is 3.04. The molecule has 3 rings (SSSR count). The quantitative estimate of drug-likeness (QED) is 0.519. The predicted molar refractivity (Wildman–Crippen MR) is 114 cm³/mol. The Labute approximate surface area is 183 Å². The number of halogens is 2. The number of carbonyl (C=O) groups excluding carboxylic acids is 1. The molecular weight excluding hydrogens is 422 g/mol. The molecule has 0 saturated heterocycles. The number of nitroso groups, excluding NO2 is 1. The van der Waals surface area contributed by atoms with E-state index >= 15 is 0 Å². The van der Waals surface area contributed by atoms with Crippen molar-refractivity contribution in [3.05, 3.63) is 46.4 Å². The van der Waals surface area contributed by atoms with Crippen LogP contribution in [0.15, 0.2) is 35.5 Å². The molecule has 0 heterocycles. The average Bonchev–Trinajstić information content (AvgIpc) is 3.56. The van der Waals surface area contributed by atoms with Gasteiger partial charge in [0, 0.05) is 23.9 Å². The van der Waals surface area contributed by atoms with Crippen LogP contribution in [0.3, 0.4) is 0 Å². The van der Waals surface area contributed by atoms with E-state index in [0.717, 1.165) is 12.8 Å². The molecule has 0 aliphatic heterocycles. The van der Waals surface area contributed by atoms with Gasteiger partial charge in [-0.3, -0.25) is 4.79 Å². The largest absolute Gasteiger partial charge is 0.496 e. The number of methoxy groups -OCH3 is 1. The maximum absolute atomic E-state index is 13.0. The molecule has 0 spiro atoms. The van der Waals surface area contributed by atoms with E-state index in [2.05, 4.69) is 26.6 Å². The second kappa shape index (κ2) is 9.18. The number of hydrogen-bond acceptors (Lipinski definition) is 7. The minimum atomic E-state index is -3.16. The molecule has 32 heavy (non-hydrogen) atoms. The lowest BCUT2D eigenvalue weighted by molar-refractivity contribution is -0.0502. The number of alkyl halides is 2. The van der Waals surface area contributed by atoms with E-state index in [1.54, 1.807) is 26.0 Å². The number of anilines is 2. The number of ether oxygens (including phenoxy) is 2. The summed E-state index contributed by atoms with van der Waals surface area (Å²) in [5.41, 5.74) is 0.138. The second-order valence-electron chi connectivity index (χ2n) is 7.86. The molecular formula is C22H22F2N4O4. The Kier molecular flexibility index (Phi) is 6.58. The van der Waals surface area contributed by atoms with Crippen LogP contribution in [0.4, 0.5) is 25.8 Å². The highest BCUT2D eigenvalue weighted by atomic mass is 19.3. The van der Waals surface area contributed by atoms with Crippen LogP contribution in [0.25, 0.3) is 0 Å². The first-order valence-electron chi connectivity index (χ1n) is 9.82. The van der Waals surface area contributed by atoms with Gasteiger partial charge in [-0.15, -0.1) is 4.91 Å². The number of benzene rings is 2. The van der Waals surface area contributed by atoms with Crippen LogP contribution in [0.1, 0.15) is 42.6 Å². The summed E-state index contributed by atoms with van der Waals surface area (Å²) < 4.78 is 35.9.